The van der Waals surface area contributed by atoms with Gasteiger partial charge in [-0.15, -0.1) is 0 Å². The van der Waals surface area contributed by atoms with Gasteiger partial charge in [0.05, 0.1) is 11.7 Å². The number of fused-ring (bicyclic) bond motifs is 3. The van der Waals surface area contributed by atoms with Crippen molar-refractivity contribution in [3.8, 4) is 16.9 Å². The molecule has 0 aromatic heterocycles. The Labute approximate surface area is 178 Å². The van der Waals surface area contributed by atoms with E-state index in [1.165, 1.54) is 5.57 Å². The molecule has 1 saturated heterocycles. The zero-order valence-corrected chi connectivity index (χ0v) is 18.0. The van der Waals surface area contributed by atoms with Gasteiger partial charge in [-0.3, -0.25) is 0 Å². The number of allylic oxidation sites excluding steroid dienone is 2. The van der Waals surface area contributed by atoms with E-state index >= 15 is 0 Å². The van der Waals surface area contributed by atoms with Crippen LogP contribution in [-0.4, -0.2) is 23.3 Å². The van der Waals surface area contributed by atoms with Gasteiger partial charge in [-0.25, -0.2) is 4.79 Å². The molecule has 1 fully saturated rings. The van der Waals surface area contributed by atoms with Crippen LogP contribution in [-0.2, 0) is 4.74 Å². The molecule has 4 heteroatoms. The summed E-state index contributed by atoms with van der Waals surface area (Å²) in [7, 11) is 0. The maximum Gasteiger partial charge on any atom is 0.336 e. The van der Waals surface area contributed by atoms with Crippen molar-refractivity contribution in [1.82, 2.24) is 0 Å². The molecule has 0 radical (unpaired) electrons. The number of aromatic carboxylic acids is 1. The van der Waals surface area contributed by atoms with E-state index < -0.39 is 5.97 Å². The monoisotopic (exact) mass is 406 g/mol. The van der Waals surface area contributed by atoms with Gasteiger partial charge >= 0.3 is 5.97 Å². The van der Waals surface area contributed by atoms with Gasteiger partial charge in [-0.2, -0.15) is 0 Å². The van der Waals surface area contributed by atoms with Crippen LogP contribution in [0, 0.1) is 5.92 Å². The first-order valence-electron chi connectivity index (χ1n) is 10.8. The third kappa shape index (κ3) is 3.77. The summed E-state index contributed by atoms with van der Waals surface area (Å²) < 4.78 is 13.1. The van der Waals surface area contributed by atoms with E-state index in [0.29, 0.717) is 5.56 Å². The summed E-state index contributed by atoms with van der Waals surface area (Å²) in [5, 5.41) is 9.72. The van der Waals surface area contributed by atoms with Gasteiger partial charge in [0, 0.05) is 23.7 Å². The Balaban J connectivity index is 1.82. The fourth-order valence-corrected chi connectivity index (χ4v) is 4.92. The second kappa shape index (κ2) is 8.27. The predicted molar refractivity (Wildman–Crippen MR) is 118 cm³/mol. The standard InChI is InChI=1S/C26H30O4/c1-17(2)9-7-15-26(3)22-14-8-16-29-24(22)21-13-6-12-19(23(21)30-26)18-10-4-5-11-20(18)25(27)28/h4-6,9-13,22,24H,7-8,14-16H2,1-3H3,(H,27,28)/t22-,24+,26+/m1/s1. The molecule has 2 aliphatic heterocycles. The highest BCUT2D eigenvalue weighted by atomic mass is 16.5. The highest BCUT2D eigenvalue weighted by molar-refractivity contribution is 5.97. The quantitative estimate of drug-likeness (QED) is 0.582. The smallest absolute Gasteiger partial charge is 0.336 e. The van der Waals surface area contributed by atoms with Crippen molar-refractivity contribution in [2.75, 3.05) is 6.61 Å². The molecule has 1 N–H and O–H groups in total. The Hall–Kier alpha value is -2.59. The molecule has 3 atom stereocenters. The van der Waals surface area contributed by atoms with Gasteiger partial charge in [-0.05, 0) is 58.1 Å². The Kier molecular flexibility index (Phi) is 5.70. The normalized spacial score (nSPS) is 24.9. The minimum atomic E-state index is -0.933. The molecule has 2 aromatic rings. The number of ether oxygens (including phenoxy) is 2. The molecule has 158 valence electrons. The van der Waals surface area contributed by atoms with Gasteiger partial charge in [-0.1, -0.05) is 48.0 Å². The van der Waals surface area contributed by atoms with E-state index in [9.17, 15) is 9.90 Å². The number of benzene rings is 2. The van der Waals surface area contributed by atoms with Crippen LogP contribution in [0.1, 0.15) is 68.5 Å². The number of hydrogen-bond acceptors (Lipinski definition) is 3. The van der Waals surface area contributed by atoms with Crippen molar-refractivity contribution < 1.29 is 19.4 Å². The fraction of sp³-hybridized carbons (Fsp3) is 0.423. The summed E-state index contributed by atoms with van der Waals surface area (Å²) in [6.45, 7) is 7.18. The van der Waals surface area contributed by atoms with Gasteiger partial charge in [0.15, 0.2) is 0 Å². The largest absolute Gasteiger partial charge is 0.486 e. The number of carboxylic acids is 1. The molecule has 2 aromatic carbocycles. The molecular weight excluding hydrogens is 376 g/mol. The minimum absolute atomic E-state index is 0.0175. The lowest BCUT2D eigenvalue weighted by Crippen LogP contribution is -2.49. The van der Waals surface area contributed by atoms with Crippen molar-refractivity contribution in [2.45, 2.75) is 58.2 Å². The van der Waals surface area contributed by atoms with Crippen molar-refractivity contribution in [3.05, 3.63) is 65.2 Å². The third-order valence-electron chi connectivity index (χ3n) is 6.43. The highest BCUT2D eigenvalue weighted by Gasteiger charge is 2.48. The molecule has 0 unspecified atom stereocenters. The highest BCUT2D eigenvalue weighted by Crippen LogP contribution is 2.53. The average Bonchev–Trinajstić information content (AvgIpc) is 2.73. The van der Waals surface area contributed by atoms with Crippen molar-refractivity contribution in [1.29, 1.82) is 0 Å². The second-order valence-corrected chi connectivity index (χ2v) is 8.85. The number of carboxylic acid groups (broad SMARTS) is 1. The van der Waals surface area contributed by atoms with Gasteiger partial charge in [0.1, 0.15) is 11.4 Å². The molecule has 0 spiro atoms. The average molecular weight is 407 g/mol. The summed E-state index contributed by atoms with van der Waals surface area (Å²) in [4.78, 5) is 11.9. The number of hydrogen-bond donors (Lipinski definition) is 1. The van der Waals surface area contributed by atoms with E-state index in [2.05, 4.69) is 32.9 Å². The van der Waals surface area contributed by atoms with E-state index in [1.807, 2.05) is 24.3 Å². The lowest BCUT2D eigenvalue weighted by atomic mass is 9.72. The van der Waals surface area contributed by atoms with Gasteiger partial charge in [0.25, 0.3) is 0 Å². The zero-order valence-electron chi connectivity index (χ0n) is 18.0. The molecule has 4 nitrogen and oxygen atoms in total. The molecular formula is C26H30O4. The Morgan fingerprint density at radius 1 is 1.17 bits per heavy atom. The van der Waals surface area contributed by atoms with Gasteiger partial charge < -0.3 is 14.6 Å². The fourth-order valence-electron chi connectivity index (χ4n) is 4.92. The predicted octanol–water partition coefficient (Wildman–Crippen LogP) is 6.42. The Bertz CT molecular complexity index is 973. The van der Waals surface area contributed by atoms with Crippen molar-refractivity contribution >= 4 is 5.97 Å². The molecule has 0 bridgehead atoms. The van der Waals surface area contributed by atoms with E-state index in [-0.39, 0.29) is 23.2 Å². The second-order valence-electron chi connectivity index (χ2n) is 8.85. The molecule has 0 saturated carbocycles. The maximum atomic E-state index is 11.9. The molecule has 2 heterocycles. The first kappa shape index (κ1) is 20.7. The molecule has 4 rings (SSSR count). The maximum absolute atomic E-state index is 11.9. The lowest BCUT2D eigenvalue weighted by Gasteiger charge is -2.49. The lowest BCUT2D eigenvalue weighted by molar-refractivity contribution is -0.126. The first-order chi connectivity index (χ1) is 14.4. The Morgan fingerprint density at radius 2 is 1.93 bits per heavy atom. The van der Waals surface area contributed by atoms with Crippen LogP contribution in [0.25, 0.3) is 11.1 Å². The summed E-state index contributed by atoms with van der Waals surface area (Å²) in [5.41, 5.74) is 3.78. The minimum Gasteiger partial charge on any atom is -0.486 e. The van der Waals surface area contributed by atoms with Crippen LogP contribution < -0.4 is 4.74 Å². The zero-order chi connectivity index (χ0) is 21.3. The number of para-hydroxylation sites is 1. The van der Waals surface area contributed by atoms with Crippen molar-refractivity contribution in [3.63, 3.8) is 0 Å². The van der Waals surface area contributed by atoms with Crippen LogP contribution in [0.3, 0.4) is 0 Å². The molecule has 0 amide bonds. The van der Waals surface area contributed by atoms with Crippen LogP contribution in [0.2, 0.25) is 0 Å². The molecule has 30 heavy (non-hydrogen) atoms. The summed E-state index contributed by atoms with van der Waals surface area (Å²) in [6, 6.07) is 13.1. The third-order valence-corrected chi connectivity index (χ3v) is 6.43. The van der Waals surface area contributed by atoms with Crippen LogP contribution in [0.5, 0.6) is 5.75 Å². The topological polar surface area (TPSA) is 55.8 Å². The summed E-state index contributed by atoms with van der Waals surface area (Å²) in [5.74, 6) is 0.125. The number of rotatable bonds is 5. The van der Waals surface area contributed by atoms with E-state index in [0.717, 1.165) is 49.2 Å². The number of carbonyl (C=O) groups is 1. The molecule has 0 aliphatic carbocycles. The molecule has 2 aliphatic rings. The summed E-state index contributed by atoms with van der Waals surface area (Å²) in [6.07, 6.45) is 6.21. The first-order valence-corrected chi connectivity index (χ1v) is 10.8. The van der Waals surface area contributed by atoms with E-state index in [4.69, 9.17) is 9.47 Å². The van der Waals surface area contributed by atoms with Crippen molar-refractivity contribution in [2.24, 2.45) is 5.92 Å². The van der Waals surface area contributed by atoms with Crippen LogP contribution in [0.4, 0.5) is 0 Å². The SMILES string of the molecule is CC(C)=CCC[C@]1(C)Oc2c(-c3ccccc3C(=O)O)cccc2[C@@H]2OCCC[C@H]21. The van der Waals surface area contributed by atoms with Crippen LogP contribution in [0.15, 0.2) is 54.1 Å². The van der Waals surface area contributed by atoms with Gasteiger partial charge in [0.2, 0.25) is 0 Å². The van der Waals surface area contributed by atoms with Crippen LogP contribution >= 0.6 is 0 Å². The Morgan fingerprint density at radius 3 is 2.70 bits per heavy atom. The van der Waals surface area contributed by atoms with E-state index in [1.54, 1.807) is 12.1 Å². The summed E-state index contributed by atoms with van der Waals surface area (Å²) >= 11 is 0.